The van der Waals surface area contributed by atoms with E-state index in [9.17, 15) is 8.42 Å². The van der Waals surface area contributed by atoms with Crippen LogP contribution < -0.4 is 14.4 Å². The van der Waals surface area contributed by atoms with E-state index < -0.39 is 10.0 Å². The third kappa shape index (κ3) is 6.63. The van der Waals surface area contributed by atoms with Gasteiger partial charge in [-0.1, -0.05) is 11.6 Å². The zero-order valence-electron chi connectivity index (χ0n) is 19.2. The van der Waals surface area contributed by atoms with Crippen LogP contribution in [0.5, 0.6) is 5.75 Å². The standard InChI is InChI=1S/C25H34ClN3O3S/c1-32-24-10-12-25(13-11-24)33(30,31)27-22-6-2-20(3-7-22)14-15-28-16-18-29(19-17-28)23-8-4-21(26)5-9-23/h4-5,8-13,20,22,27H,2-3,6-7,14-19H2,1H3. The van der Waals surface area contributed by atoms with Gasteiger partial charge in [0.25, 0.3) is 0 Å². The maximum atomic E-state index is 12.7. The first kappa shape index (κ1) is 24.3. The number of anilines is 1. The Labute approximate surface area is 202 Å². The number of hydrogen-bond donors (Lipinski definition) is 1. The summed E-state index contributed by atoms with van der Waals surface area (Å²) in [6, 6.07) is 14.7. The van der Waals surface area contributed by atoms with Crippen LogP contribution in [-0.4, -0.2) is 59.2 Å². The van der Waals surface area contributed by atoms with Gasteiger partial charge in [0.1, 0.15) is 5.75 Å². The molecule has 1 N–H and O–H groups in total. The largest absolute Gasteiger partial charge is 0.497 e. The fraction of sp³-hybridized carbons (Fsp3) is 0.520. The van der Waals surface area contributed by atoms with Crippen LogP contribution in [0.4, 0.5) is 5.69 Å². The number of hydrogen-bond acceptors (Lipinski definition) is 5. The molecule has 180 valence electrons. The second kappa shape index (κ2) is 11.1. The molecule has 4 rings (SSSR count). The van der Waals surface area contributed by atoms with Gasteiger partial charge in [-0.25, -0.2) is 13.1 Å². The van der Waals surface area contributed by atoms with Crippen molar-refractivity contribution in [2.45, 2.75) is 43.0 Å². The molecular weight excluding hydrogens is 458 g/mol. The Hall–Kier alpha value is -1.80. The summed E-state index contributed by atoms with van der Waals surface area (Å²) in [4.78, 5) is 5.28. The molecule has 6 nitrogen and oxygen atoms in total. The molecule has 0 unspecified atom stereocenters. The van der Waals surface area contributed by atoms with Gasteiger partial charge in [0.05, 0.1) is 12.0 Å². The first-order valence-electron chi connectivity index (χ1n) is 11.8. The van der Waals surface area contributed by atoms with Crippen LogP contribution in [0.25, 0.3) is 0 Å². The van der Waals surface area contributed by atoms with E-state index in [4.69, 9.17) is 16.3 Å². The molecule has 0 aromatic heterocycles. The molecule has 0 bridgehead atoms. The summed E-state index contributed by atoms with van der Waals surface area (Å²) in [5, 5.41) is 0.778. The van der Waals surface area contributed by atoms with E-state index in [1.807, 2.05) is 12.1 Å². The number of ether oxygens (including phenoxy) is 1. The first-order chi connectivity index (χ1) is 15.9. The van der Waals surface area contributed by atoms with Crippen LogP contribution in [0.3, 0.4) is 0 Å². The third-order valence-corrected chi connectivity index (χ3v) is 8.74. The van der Waals surface area contributed by atoms with Crippen LogP contribution in [0.15, 0.2) is 53.4 Å². The topological polar surface area (TPSA) is 61.9 Å². The second-order valence-electron chi connectivity index (χ2n) is 9.11. The van der Waals surface area contributed by atoms with Gasteiger partial charge in [-0.15, -0.1) is 0 Å². The molecule has 8 heteroatoms. The number of sulfonamides is 1. The van der Waals surface area contributed by atoms with Crippen molar-refractivity contribution in [3.8, 4) is 5.75 Å². The van der Waals surface area contributed by atoms with E-state index in [-0.39, 0.29) is 6.04 Å². The predicted molar refractivity (Wildman–Crippen MR) is 134 cm³/mol. The van der Waals surface area contributed by atoms with E-state index in [1.165, 1.54) is 12.1 Å². The molecule has 2 aromatic carbocycles. The summed E-state index contributed by atoms with van der Waals surface area (Å²) in [6.45, 7) is 5.38. The predicted octanol–water partition coefficient (Wildman–Crippen LogP) is 4.40. The van der Waals surface area contributed by atoms with Crippen molar-refractivity contribution in [3.63, 3.8) is 0 Å². The molecule has 1 saturated heterocycles. The van der Waals surface area contributed by atoms with Gasteiger partial charge in [-0.05, 0) is 93.1 Å². The van der Waals surface area contributed by atoms with E-state index in [2.05, 4.69) is 26.7 Å². The Kier molecular flexibility index (Phi) is 8.17. The van der Waals surface area contributed by atoms with Crippen molar-refractivity contribution in [2.75, 3.05) is 44.7 Å². The number of nitrogens with zero attached hydrogens (tertiary/aromatic N) is 2. The normalized spacial score (nSPS) is 22.3. The summed E-state index contributed by atoms with van der Waals surface area (Å²) < 4.78 is 33.4. The lowest BCUT2D eigenvalue weighted by Crippen LogP contribution is -2.47. The van der Waals surface area contributed by atoms with Crippen molar-refractivity contribution in [3.05, 3.63) is 53.6 Å². The van der Waals surface area contributed by atoms with Crippen LogP contribution in [0.1, 0.15) is 32.1 Å². The molecule has 1 saturated carbocycles. The summed E-state index contributed by atoms with van der Waals surface area (Å²) >= 11 is 6.00. The highest BCUT2D eigenvalue weighted by atomic mass is 35.5. The molecule has 0 amide bonds. The minimum Gasteiger partial charge on any atom is -0.497 e. The Balaban J connectivity index is 1.17. The lowest BCUT2D eigenvalue weighted by Gasteiger charge is -2.37. The lowest BCUT2D eigenvalue weighted by atomic mass is 9.84. The lowest BCUT2D eigenvalue weighted by molar-refractivity contribution is 0.214. The monoisotopic (exact) mass is 491 g/mol. The number of nitrogens with one attached hydrogen (secondary N) is 1. The third-order valence-electron chi connectivity index (χ3n) is 6.96. The van der Waals surface area contributed by atoms with Crippen LogP contribution >= 0.6 is 11.6 Å². The van der Waals surface area contributed by atoms with Crippen LogP contribution in [-0.2, 0) is 10.0 Å². The molecule has 0 spiro atoms. The zero-order chi connectivity index (χ0) is 23.3. The van der Waals surface area contributed by atoms with Gasteiger partial charge in [-0.2, -0.15) is 0 Å². The maximum absolute atomic E-state index is 12.7. The Bertz CT molecular complexity index is 983. The molecule has 0 radical (unpaired) electrons. The van der Waals surface area contributed by atoms with E-state index in [1.54, 1.807) is 31.4 Å². The number of piperazine rings is 1. The van der Waals surface area contributed by atoms with Crippen molar-refractivity contribution < 1.29 is 13.2 Å². The molecule has 1 heterocycles. The highest BCUT2D eigenvalue weighted by Gasteiger charge is 2.26. The molecule has 1 aliphatic carbocycles. The first-order valence-corrected chi connectivity index (χ1v) is 13.7. The summed E-state index contributed by atoms with van der Waals surface area (Å²) in [6.07, 6.45) is 5.18. The fourth-order valence-electron chi connectivity index (χ4n) is 4.86. The van der Waals surface area contributed by atoms with Gasteiger partial charge in [0.2, 0.25) is 10.0 Å². The number of halogens is 1. The Morgan fingerprint density at radius 2 is 1.58 bits per heavy atom. The average Bonchev–Trinajstić information content (AvgIpc) is 2.84. The summed E-state index contributed by atoms with van der Waals surface area (Å²) in [7, 11) is -1.92. The van der Waals surface area contributed by atoms with Crippen molar-refractivity contribution in [1.29, 1.82) is 0 Å². The molecule has 1 aliphatic heterocycles. The quantitative estimate of drug-likeness (QED) is 0.593. The molecule has 0 atom stereocenters. The van der Waals surface area contributed by atoms with Gasteiger partial charge in [-0.3, -0.25) is 4.90 Å². The minimum atomic E-state index is -3.49. The zero-order valence-corrected chi connectivity index (χ0v) is 20.8. The molecule has 2 fully saturated rings. The van der Waals surface area contributed by atoms with Gasteiger partial charge in [0.15, 0.2) is 0 Å². The van der Waals surface area contributed by atoms with Crippen LogP contribution in [0, 0.1) is 5.92 Å². The van der Waals surface area contributed by atoms with Gasteiger partial charge >= 0.3 is 0 Å². The minimum absolute atomic E-state index is 0.0243. The SMILES string of the molecule is COc1ccc(S(=O)(=O)NC2CCC(CCN3CCN(c4ccc(Cl)cc4)CC3)CC2)cc1. The van der Waals surface area contributed by atoms with E-state index >= 15 is 0 Å². The molecule has 2 aliphatic rings. The van der Waals surface area contributed by atoms with Crippen molar-refractivity contribution >= 4 is 27.3 Å². The number of rotatable bonds is 8. The molecule has 33 heavy (non-hydrogen) atoms. The smallest absolute Gasteiger partial charge is 0.240 e. The highest BCUT2D eigenvalue weighted by Crippen LogP contribution is 2.29. The highest BCUT2D eigenvalue weighted by molar-refractivity contribution is 7.89. The van der Waals surface area contributed by atoms with Crippen LogP contribution in [0.2, 0.25) is 5.02 Å². The molecule has 2 aromatic rings. The molecular formula is C25H34ClN3O3S. The number of benzene rings is 2. The van der Waals surface area contributed by atoms with Gasteiger partial charge in [0, 0.05) is 42.9 Å². The van der Waals surface area contributed by atoms with E-state index in [0.29, 0.717) is 16.6 Å². The van der Waals surface area contributed by atoms with Gasteiger partial charge < -0.3 is 9.64 Å². The number of methoxy groups -OCH3 is 1. The second-order valence-corrected chi connectivity index (χ2v) is 11.3. The maximum Gasteiger partial charge on any atom is 0.240 e. The van der Waals surface area contributed by atoms with Crippen molar-refractivity contribution in [2.24, 2.45) is 5.92 Å². The summed E-state index contributed by atoms with van der Waals surface area (Å²) in [5.74, 6) is 1.34. The van der Waals surface area contributed by atoms with E-state index in [0.717, 1.165) is 63.4 Å². The summed E-state index contributed by atoms with van der Waals surface area (Å²) in [5.41, 5.74) is 1.24. The average molecular weight is 492 g/mol. The fourth-order valence-corrected chi connectivity index (χ4v) is 6.29. The Morgan fingerprint density at radius 3 is 2.18 bits per heavy atom. The van der Waals surface area contributed by atoms with Crippen molar-refractivity contribution in [1.82, 2.24) is 9.62 Å². The Morgan fingerprint density at radius 1 is 0.939 bits per heavy atom.